The van der Waals surface area contributed by atoms with Crippen molar-refractivity contribution < 1.29 is 23.9 Å². The van der Waals surface area contributed by atoms with Crippen LogP contribution in [-0.2, 0) is 9.53 Å². The van der Waals surface area contributed by atoms with Crippen molar-refractivity contribution in [2.24, 2.45) is 5.89 Å². The largest absolute Gasteiger partial charge is 0.457 e. The minimum atomic E-state index is -3.42. The Bertz CT molecular complexity index is 1260. The Hall–Kier alpha value is -3.29. The van der Waals surface area contributed by atoms with Gasteiger partial charge in [-0.15, -0.1) is 0 Å². The van der Waals surface area contributed by atoms with Gasteiger partial charge in [-0.05, 0) is 47.9 Å². The van der Waals surface area contributed by atoms with Crippen molar-refractivity contribution in [2.75, 3.05) is 0 Å². The molecule has 0 heterocycles. The fourth-order valence-electron chi connectivity index (χ4n) is 2.79. The van der Waals surface area contributed by atoms with Gasteiger partial charge in [-0.1, -0.05) is 67.8 Å². The highest BCUT2D eigenvalue weighted by Crippen LogP contribution is 2.31. The van der Waals surface area contributed by atoms with Crippen LogP contribution in [-0.4, -0.2) is 5.97 Å². The molecule has 152 valence electrons. The number of benzene rings is 3. The van der Waals surface area contributed by atoms with Crippen LogP contribution in [0.4, 0.5) is 0 Å². The Labute approximate surface area is 191 Å². The van der Waals surface area contributed by atoms with E-state index in [1.807, 2.05) is 12.1 Å². The number of carbonyl (C=O) groups is 1. The summed E-state index contributed by atoms with van der Waals surface area (Å²) in [6, 6.07) is 22.0. The minimum absolute atomic E-state index is 0.102. The summed E-state index contributed by atoms with van der Waals surface area (Å²) in [6.45, 7) is -6.85. The fourth-order valence-corrected chi connectivity index (χ4v) is 2.92. The van der Waals surface area contributed by atoms with Gasteiger partial charge in [-0.25, -0.2) is 0 Å². The van der Waals surface area contributed by atoms with E-state index in [1.165, 1.54) is 36.4 Å². The van der Waals surface area contributed by atoms with Crippen LogP contribution in [0.2, 0.25) is 5.02 Å². The number of carbonyl (C=O) groups excluding carboxylic acids is 1. The van der Waals surface area contributed by atoms with E-state index in [2.05, 4.69) is 0 Å². The van der Waals surface area contributed by atoms with E-state index in [0.29, 0.717) is 11.5 Å². The zero-order valence-electron chi connectivity index (χ0n) is 22.7. The topological polar surface area (TPSA) is 59.3 Å². The highest BCUT2D eigenvalue weighted by molar-refractivity contribution is 6.30. The molecule has 3 rings (SSSR count). The van der Waals surface area contributed by atoms with Crippen molar-refractivity contribution in [2.45, 2.75) is 25.7 Å². The van der Waals surface area contributed by atoms with Gasteiger partial charge < -0.3 is 9.47 Å². The molecule has 2 unspecified atom stereocenters. The molecule has 3 aromatic carbocycles. The molecule has 0 N–H and O–H groups in total. The SMILES string of the molecule is [2H]C([2H])([2H])C([2H])(C(C(=O)OC(C#N)c1cccc(Oc2ccccc2)c1)c1ccc(Cl)cc1)C([2H])([2H])[2H]. The van der Waals surface area contributed by atoms with Crippen LogP contribution >= 0.6 is 11.6 Å². The molecule has 3 aromatic rings. The van der Waals surface area contributed by atoms with Crippen molar-refractivity contribution in [3.8, 4) is 17.6 Å². The maximum Gasteiger partial charge on any atom is 0.315 e. The first-order valence-corrected chi connectivity index (χ1v) is 9.34. The van der Waals surface area contributed by atoms with Crippen molar-refractivity contribution >= 4 is 17.6 Å². The molecular weight excluding hydrogens is 398 g/mol. The molecule has 0 saturated carbocycles. The number of hydrogen-bond donors (Lipinski definition) is 0. The zero-order valence-corrected chi connectivity index (χ0v) is 16.5. The Morgan fingerprint density at radius 1 is 1.00 bits per heavy atom. The van der Waals surface area contributed by atoms with E-state index in [4.69, 9.17) is 30.7 Å². The average molecular weight is 427 g/mol. The quantitative estimate of drug-likeness (QED) is 0.395. The van der Waals surface area contributed by atoms with E-state index in [-0.39, 0.29) is 16.1 Å². The molecule has 0 aliphatic carbocycles. The second kappa shape index (κ2) is 9.96. The first-order valence-electron chi connectivity index (χ1n) is 12.5. The summed E-state index contributed by atoms with van der Waals surface area (Å²) in [5.41, 5.74) is 0.104. The normalized spacial score (nSPS) is 17.3. The zero-order chi connectivity index (χ0) is 27.4. The van der Waals surface area contributed by atoms with Gasteiger partial charge in [0.2, 0.25) is 6.10 Å². The van der Waals surface area contributed by atoms with E-state index < -0.39 is 37.6 Å². The smallest absolute Gasteiger partial charge is 0.315 e. The molecule has 30 heavy (non-hydrogen) atoms. The molecule has 0 amide bonds. The molecule has 0 bridgehead atoms. The van der Waals surface area contributed by atoms with Crippen molar-refractivity contribution in [3.05, 3.63) is 95.0 Å². The maximum atomic E-state index is 13.4. The molecule has 4 nitrogen and oxygen atoms in total. The van der Waals surface area contributed by atoms with Crippen LogP contribution in [0.25, 0.3) is 0 Å². The van der Waals surface area contributed by atoms with Gasteiger partial charge in [-0.3, -0.25) is 4.79 Å². The summed E-state index contributed by atoms with van der Waals surface area (Å²) >= 11 is 5.91. The molecule has 5 heteroatoms. The van der Waals surface area contributed by atoms with Crippen LogP contribution in [0, 0.1) is 17.2 Å². The lowest BCUT2D eigenvalue weighted by molar-refractivity contribution is -0.150. The molecule has 0 saturated heterocycles. The number of nitrogens with zero attached hydrogens (tertiary/aromatic N) is 1. The predicted octanol–water partition coefficient (Wildman–Crippen LogP) is 6.68. The Balaban J connectivity index is 2.00. The van der Waals surface area contributed by atoms with Crippen LogP contribution in [0.3, 0.4) is 0 Å². The summed E-state index contributed by atoms with van der Waals surface area (Å²) in [4.78, 5) is 13.4. The lowest BCUT2D eigenvalue weighted by Gasteiger charge is -2.22. The van der Waals surface area contributed by atoms with Crippen LogP contribution in [0.5, 0.6) is 11.5 Å². The number of nitriles is 1. The molecule has 0 spiro atoms. The average Bonchev–Trinajstić information content (AvgIpc) is 2.83. The number of hydrogen-bond acceptors (Lipinski definition) is 4. The van der Waals surface area contributed by atoms with Crippen LogP contribution < -0.4 is 4.74 Å². The Morgan fingerprint density at radius 3 is 2.37 bits per heavy atom. The molecule has 0 aromatic heterocycles. The van der Waals surface area contributed by atoms with Gasteiger partial charge in [0.25, 0.3) is 0 Å². The van der Waals surface area contributed by atoms with Crippen molar-refractivity contribution in [1.29, 1.82) is 5.26 Å². The van der Waals surface area contributed by atoms with Gasteiger partial charge in [0.15, 0.2) is 0 Å². The molecule has 0 aliphatic rings. The van der Waals surface area contributed by atoms with E-state index in [9.17, 15) is 10.1 Å². The summed E-state index contributed by atoms with van der Waals surface area (Å²) in [7, 11) is 0. The minimum Gasteiger partial charge on any atom is -0.457 e. The number of esters is 1. The van der Waals surface area contributed by atoms with Crippen LogP contribution in [0.15, 0.2) is 78.9 Å². The highest BCUT2D eigenvalue weighted by atomic mass is 35.5. The Kier molecular flexibility index (Phi) is 4.59. The van der Waals surface area contributed by atoms with Gasteiger partial charge in [0.05, 0.1) is 5.92 Å². The molecule has 2 atom stereocenters. The van der Waals surface area contributed by atoms with Gasteiger partial charge in [0, 0.05) is 20.2 Å². The summed E-state index contributed by atoms with van der Waals surface area (Å²) < 4.78 is 66.8. The monoisotopic (exact) mass is 426 g/mol. The third kappa shape index (κ3) is 5.40. The van der Waals surface area contributed by atoms with Crippen molar-refractivity contribution in [1.82, 2.24) is 0 Å². The molecule has 0 aliphatic heterocycles. The standard InChI is InChI=1S/C25H22ClNO3/c1-17(2)24(18-11-13-20(26)14-12-18)25(28)30-23(16-27)19-7-6-10-22(15-19)29-21-8-4-3-5-9-21/h3-15,17,23-24H,1-2H3/i1D3,2D3,17D. The molecular formula is C25H22ClNO3. The summed E-state index contributed by atoms with van der Waals surface area (Å²) in [5.74, 6) is -5.87. The fraction of sp³-hybridized carbons (Fsp3) is 0.200. The summed E-state index contributed by atoms with van der Waals surface area (Å²) in [5, 5.41) is 10.0. The number of rotatable bonds is 7. The molecule has 0 fully saturated rings. The second-order valence-corrected chi connectivity index (χ2v) is 6.77. The first kappa shape index (κ1) is 13.8. The Morgan fingerprint density at radius 2 is 1.70 bits per heavy atom. The van der Waals surface area contributed by atoms with Gasteiger partial charge in [0.1, 0.15) is 17.6 Å². The van der Waals surface area contributed by atoms with E-state index >= 15 is 0 Å². The first-order chi connectivity index (χ1) is 17.3. The van der Waals surface area contributed by atoms with E-state index in [1.54, 1.807) is 36.4 Å². The van der Waals surface area contributed by atoms with Crippen LogP contribution in [0.1, 0.15) is 46.4 Å². The number of halogens is 1. The molecule has 0 radical (unpaired) electrons. The van der Waals surface area contributed by atoms with Crippen molar-refractivity contribution in [3.63, 3.8) is 0 Å². The lowest BCUT2D eigenvalue weighted by atomic mass is 9.88. The second-order valence-electron chi connectivity index (χ2n) is 6.33. The number of para-hydroxylation sites is 1. The third-order valence-electron chi connectivity index (χ3n) is 4.22. The van der Waals surface area contributed by atoms with E-state index in [0.717, 1.165) is 0 Å². The predicted molar refractivity (Wildman–Crippen MR) is 116 cm³/mol. The van der Waals surface area contributed by atoms with Gasteiger partial charge in [-0.2, -0.15) is 5.26 Å². The van der Waals surface area contributed by atoms with Gasteiger partial charge >= 0.3 is 5.97 Å². The maximum absolute atomic E-state index is 13.4. The number of ether oxygens (including phenoxy) is 2. The summed E-state index contributed by atoms with van der Waals surface area (Å²) in [6.07, 6.45) is -1.54. The highest BCUT2D eigenvalue weighted by Gasteiger charge is 2.29. The lowest BCUT2D eigenvalue weighted by Crippen LogP contribution is -2.22. The third-order valence-corrected chi connectivity index (χ3v) is 4.47.